The van der Waals surface area contributed by atoms with Crippen LogP contribution in [0.5, 0.6) is 11.5 Å². The van der Waals surface area contributed by atoms with Crippen molar-refractivity contribution in [3.8, 4) is 17.2 Å². The van der Waals surface area contributed by atoms with E-state index < -0.39 is 0 Å². The second-order valence-corrected chi connectivity index (χ2v) is 6.49. The average Bonchev–Trinajstić information content (AvgIpc) is 3.05. The van der Waals surface area contributed by atoms with Gasteiger partial charge >= 0.3 is 0 Å². The molecule has 0 spiro atoms. The topological polar surface area (TPSA) is 64.8 Å². The zero-order chi connectivity index (χ0) is 18.1. The van der Waals surface area contributed by atoms with Gasteiger partial charge in [-0.25, -0.2) is 4.68 Å². The molecule has 0 saturated carbocycles. The third-order valence-corrected chi connectivity index (χ3v) is 4.22. The molecule has 1 aromatic carbocycles. The van der Waals surface area contributed by atoms with E-state index in [-0.39, 0.29) is 5.56 Å². The Kier molecular flexibility index (Phi) is 4.92. The lowest BCUT2D eigenvalue weighted by atomic mass is 10.2. The summed E-state index contributed by atoms with van der Waals surface area (Å²) in [6.45, 7) is 3.97. The maximum Gasteiger partial charge on any atom is 0.290 e. The molecule has 132 valence electrons. The molecule has 0 aliphatic rings. The molecule has 0 aliphatic carbocycles. The first-order chi connectivity index (χ1) is 11.9. The van der Waals surface area contributed by atoms with Gasteiger partial charge in [-0.3, -0.25) is 14.6 Å². The van der Waals surface area contributed by atoms with Gasteiger partial charge in [-0.15, -0.1) is 0 Å². The molecule has 0 fully saturated rings. The van der Waals surface area contributed by atoms with Crippen molar-refractivity contribution in [1.29, 1.82) is 0 Å². The lowest BCUT2D eigenvalue weighted by Gasteiger charge is -2.09. The molecule has 0 bridgehead atoms. The van der Waals surface area contributed by atoms with E-state index in [2.05, 4.69) is 10.2 Å². The minimum absolute atomic E-state index is 0.209. The minimum atomic E-state index is -0.209. The lowest BCUT2D eigenvalue weighted by molar-refractivity contribution is 0.470. The van der Waals surface area contributed by atoms with Crippen LogP contribution < -0.4 is 10.3 Å². The summed E-state index contributed by atoms with van der Waals surface area (Å²) in [4.78, 5) is 12.2. The Hall–Kier alpha value is -2.18. The smallest absolute Gasteiger partial charge is 0.290 e. The number of H-pyrrole nitrogens is 1. The number of rotatable bonds is 5. The second-order valence-electron chi connectivity index (χ2n) is 5.61. The van der Waals surface area contributed by atoms with Crippen LogP contribution in [0, 0.1) is 0 Å². The van der Waals surface area contributed by atoms with Gasteiger partial charge in [-0.1, -0.05) is 37.0 Å². The summed E-state index contributed by atoms with van der Waals surface area (Å²) in [6.07, 6.45) is 3.01. The van der Waals surface area contributed by atoms with Crippen LogP contribution in [0.4, 0.5) is 0 Å². The number of aromatic nitrogens is 4. The van der Waals surface area contributed by atoms with Crippen molar-refractivity contribution >= 4 is 23.2 Å². The van der Waals surface area contributed by atoms with E-state index >= 15 is 0 Å². The Morgan fingerprint density at radius 3 is 2.36 bits per heavy atom. The van der Waals surface area contributed by atoms with Gasteiger partial charge in [-0.05, 0) is 31.0 Å². The molecule has 0 aliphatic heterocycles. The van der Waals surface area contributed by atoms with Crippen LogP contribution in [0.15, 0.2) is 29.2 Å². The number of ether oxygens (including phenoxy) is 1. The fraction of sp³-hybridized carbons (Fsp3) is 0.294. The number of benzene rings is 1. The first-order valence-electron chi connectivity index (χ1n) is 7.93. The molecule has 0 atom stereocenters. The van der Waals surface area contributed by atoms with Gasteiger partial charge < -0.3 is 4.74 Å². The summed E-state index contributed by atoms with van der Waals surface area (Å²) < 4.78 is 9.30. The fourth-order valence-electron chi connectivity index (χ4n) is 2.70. The third-order valence-electron chi connectivity index (χ3n) is 3.78. The van der Waals surface area contributed by atoms with Crippen molar-refractivity contribution in [2.75, 3.05) is 0 Å². The van der Waals surface area contributed by atoms with Crippen LogP contribution in [-0.4, -0.2) is 19.6 Å². The first kappa shape index (κ1) is 17.6. The Labute approximate surface area is 154 Å². The highest BCUT2D eigenvalue weighted by molar-refractivity contribution is 6.34. The molecule has 2 heterocycles. The van der Waals surface area contributed by atoms with Gasteiger partial charge in [0.1, 0.15) is 17.1 Å². The summed E-state index contributed by atoms with van der Waals surface area (Å²) in [5, 5.41) is 8.25. The fourth-order valence-corrected chi connectivity index (χ4v) is 3.20. The monoisotopic (exact) mass is 380 g/mol. The molecule has 8 heteroatoms. The number of halogens is 2. The van der Waals surface area contributed by atoms with Gasteiger partial charge in [0.05, 0.1) is 11.9 Å². The molecule has 0 saturated heterocycles. The van der Waals surface area contributed by atoms with E-state index in [4.69, 9.17) is 27.9 Å². The van der Waals surface area contributed by atoms with Crippen molar-refractivity contribution in [3.63, 3.8) is 0 Å². The molecule has 3 rings (SSSR count). The SMILES string of the molecule is CCc1nn(-c2cn(C)[nH]c2=O)c(CC)c1Oc1cc(Cl)cc(Cl)c1. The number of nitrogens with one attached hydrogen (secondary N) is 1. The van der Waals surface area contributed by atoms with Crippen molar-refractivity contribution < 1.29 is 4.74 Å². The minimum Gasteiger partial charge on any atom is -0.453 e. The van der Waals surface area contributed by atoms with Crippen molar-refractivity contribution in [2.24, 2.45) is 7.05 Å². The molecular weight excluding hydrogens is 363 g/mol. The molecule has 0 unspecified atom stereocenters. The predicted octanol–water partition coefficient (Wildman–Crippen LogP) is 4.12. The van der Waals surface area contributed by atoms with Crippen molar-refractivity contribution in [1.82, 2.24) is 19.6 Å². The summed E-state index contributed by atoms with van der Waals surface area (Å²) >= 11 is 12.1. The Morgan fingerprint density at radius 1 is 1.16 bits per heavy atom. The number of aromatic amines is 1. The van der Waals surface area contributed by atoms with Gasteiger partial charge in [0, 0.05) is 17.1 Å². The Balaban J connectivity index is 2.13. The molecular formula is C17H18Cl2N4O2. The molecule has 1 N–H and O–H groups in total. The highest BCUT2D eigenvalue weighted by Crippen LogP contribution is 2.34. The maximum atomic E-state index is 12.2. The summed E-state index contributed by atoms with van der Waals surface area (Å²) in [6, 6.07) is 5.03. The van der Waals surface area contributed by atoms with E-state index in [1.165, 1.54) is 0 Å². The number of hydrogen-bond acceptors (Lipinski definition) is 3. The van der Waals surface area contributed by atoms with Crippen LogP contribution in [0.3, 0.4) is 0 Å². The maximum absolute atomic E-state index is 12.2. The van der Waals surface area contributed by atoms with Crippen molar-refractivity contribution in [3.05, 3.63) is 56.2 Å². The summed E-state index contributed by atoms with van der Waals surface area (Å²) in [5.74, 6) is 1.16. The quantitative estimate of drug-likeness (QED) is 0.723. The van der Waals surface area contributed by atoms with Gasteiger partial charge in [-0.2, -0.15) is 5.10 Å². The largest absolute Gasteiger partial charge is 0.453 e. The van der Waals surface area contributed by atoms with Crippen LogP contribution in [0.1, 0.15) is 25.2 Å². The van der Waals surface area contributed by atoms with Crippen molar-refractivity contribution in [2.45, 2.75) is 26.7 Å². The average molecular weight is 381 g/mol. The second kappa shape index (κ2) is 6.98. The zero-order valence-corrected chi connectivity index (χ0v) is 15.6. The van der Waals surface area contributed by atoms with E-state index in [1.807, 2.05) is 13.8 Å². The third kappa shape index (κ3) is 3.45. The zero-order valence-electron chi connectivity index (χ0n) is 14.1. The molecule has 25 heavy (non-hydrogen) atoms. The molecule has 6 nitrogen and oxygen atoms in total. The number of aryl methyl sites for hydroxylation is 2. The van der Waals surface area contributed by atoms with Gasteiger partial charge in [0.15, 0.2) is 5.75 Å². The van der Waals surface area contributed by atoms with E-state index in [9.17, 15) is 4.79 Å². The number of nitrogens with zero attached hydrogens (tertiary/aromatic N) is 3. The predicted molar refractivity (Wildman–Crippen MR) is 98.4 cm³/mol. The highest BCUT2D eigenvalue weighted by Gasteiger charge is 2.21. The highest BCUT2D eigenvalue weighted by atomic mass is 35.5. The molecule has 0 amide bonds. The molecule has 0 radical (unpaired) electrons. The van der Waals surface area contributed by atoms with Crippen LogP contribution in [0.2, 0.25) is 10.0 Å². The molecule has 2 aromatic heterocycles. The summed E-state index contributed by atoms with van der Waals surface area (Å²) in [5.41, 5.74) is 1.81. The van der Waals surface area contributed by atoms with Crippen LogP contribution in [0.25, 0.3) is 5.69 Å². The van der Waals surface area contributed by atoms with Gasteiger partial charge in [0.2, 0.25) is 0 Å². The Bertz CT molecular complexity index is 951. The first-order valence-corrected chi connectivity index (χ1v) is 8.69. The van der Waals surface area contributed by atoms with Crippen LogP contribution >= 0.6 is 23.2 Å². The van der Waals surface area contributed by atoms with Gasteiger partial charge in [0.25, 0.3) is 5.56 Å². The van der Waals surface area contributed by atoms with E-state index in [0.717, 1.165) is 11.4 Å². The Morgan fingerprint density at radius 2 is 1.84 bits per heavy atom. The standard InChI is InChI=1S/C17H18Cl2N4O2/c1-4-13-16(25-12-7-10(18)6-11(19)8-12)14(5-2)23(20-13)15-9-22(3)21-17(15)24/h6-9H,4-5H2,1-3H3,(H,21,24). The molecule has 3 aromatic rings. The van der Waals surface area contributed by atoms with Crippen LogP contribution in [-0.2, 0) is 19.9 Å². The van der Waals surface area contributed by atoms with E-state index in [0.29, 0.717) is 40.1 Å². The lowest BCUT2D eigenvalue weighted by Crippen LogP contribution is -2.12. The number of hydrogen-bond donors (Lipinski definition) is 1. The normalized spacial score (nSPS) is 11.1. The van der Waals surface area contributed by atoms with E-state index in [1.54, 1.807) is 40.8 Å². The summed E-state index contributed by atoms with van der Waals surface area (Å²) in [7, 11) is 1.76.